The molecular formula is C12H15N3O. The minimum Gasteiger partial charge on any atom is -0.480 e. The average molecular weight is 217 g/mol. The summed E-state index contributed by atoms with van der Waals surface area (Å²) in [5, 5.41) is 0.939. The Balaban J connectivity index is 2.63. The Morgan fingerprint density at radius 3 is 2.81 bits per heavy atom. The average Bonchev–Trinajstić information content (AvgIpc) is 2.27. The van der Waals surface area contributed by atoms with Gasteiger partial charge in [0.2, 0.25) is 5.88 Å². The van der Waals surface area contributed by atoms with Gasteiger partial charge < -0.3 is 10.5 Å². The fourth-order valence-electron chi connectivity index (χ4n) is 1.65. The molecule has 0 saturated carbocycles. The van der Waals surface area contributed by atoms with E-state index in [2.05, 4.69) is 9.97 Å². The van der Waals surface area contributed by atoms with Crippen LogP contribution in [0.15, 0.2) is 18.2 Å². The number of fused-ring (bicyclic) bond motifs is 1. The molecule has 0 saturated heterocycles. The number of nitrogens with zero attached hydrogens (tertiary/aromatic N) is 2. The second kappa shape index (κ2) is 4.45. The molecule has 0 unspecified atom stereocenters. The highest BCUT2D eigenvalue weighted by Crippen LogP contribution is 2.23. The van der Waals surface area contributed by atoms with Crippen molar-refractivity contribution in [3.63, 3.8) is 0 Å². The third kappa shape index (κ3) is 1.97. The second-order valence-electron chi connectivity index (χ2n) is 3.71. The van der Waals surface area contributed by atoms with Crippen molar-refractivity contribution in [2.75, 3.05) is 13.7 Å². The van der Waals surface area contributed by atoms with Gasteiger partial charge >= 0.3 is 0 Å². The summed E-state index contributed by atoms with van der Waals surface area (Å²) < 4.78 is 5.26. The van der Waals surface area contributed by atoms with Gasteiger partial charge in [-0.25, -0.2) is 4.98 Å². The van der Waals surface area contributed by atoms with E-state index in [1.54, 1.807) is 7.11 Å². The first kappa shape index (κ1) is 10.8. The van der Waals surface area contributed by atoms with Gasteiger partial charge in [0.05, 0.1) is 18.0 Å². The summed E-state index contributed by atoms with van der Waals surface area (Å²) in [6.45, 7) is 2.58. The van der Waals surface area contributed by atoms with Crippen LogP contribution >= 0.6 is 0 Å². The Morgan fingerprint density at radius 1 is 1.31 bits per heavy atom. The van der Waals surface area contributed by atoms with Gasteiger partial charge in [-0.1, -0.05) is 6.07 Å². The molecule has 2 rings (SSSR count). The van der Waals surface area contributed by atoms with Gasteiger partial charge in [0.1, 0.15) is 5.82 Å². The molecule has 0 atom stereocenters. The topological polar surface area (TPSA) is 61.0 Å². The van der Waals surface area contributed by atoms with Crippen molar-refractivity contribution in [2.24, 2.45) is 5.73 Å². The fraction of sp³-hybridized carbons (Fsp3) is 0.333. The maximum atomic E-state index is 5.51. The Hall–Kier alpha value is -1.68. The molecule has 0 amide bonds. The highest BCUT2D eigenvalue weighted by atomic mass is 16.5. The van der Waals surface area contributed by atoms with Crippen molar-refractivity contribution >= 4 is 10.9 Å². The van der Waals surface area contributed by atoms with E-state index >= 15 is 0 Å². The van der Waals surface area contributed by atoms with E-state index in [0.717, 1.165) is 16.7 Å². The van der Waals surface area contributed by atoms with Gasteiger partial charge in [-0.05, 0) is 31.2 Å². The van der Waals surface area contributed by atoms with Crippen molar-refractivity contribution in [2.45, 2.75) is 13.3 Å². The van der Waals surface area contributed by atoms with Gasteiger partial charge in [-0.3, -0.25) is 0 Å². The zero-order valence-corrected chi connectivity index (χ0v) is 9.53. The summed E-state index contributed by atoms with van der Waals surface area (Å²) in [5.74, 6) is 1.35. The van der Waals surface area contributed by atoms with Gasteiger partial charge in [-0.2, -0.15) is 4.98 Å². The van der Waals surface area contributed by atoms with Gasteiger partial charge in [-0.15, -0.1) is 0 Å². The number of hydrogen-bond acceptors (Lipinski definition) is 4. The van der Waals surface area contributed by atoms with Crippen molar-refractivity contribution in [1.82, 2.24) is 9.97 Å². The van der Waals surface area contributed by atoms with E-state index in [1.165, 1.54) is 5.56 Å². The number of ether oxygens (including phenoxy) is 1. The van der Waals surface area contributed by atoms with E-state index < -0.39 is 0 Å². The third-order valence-corrected chi connectivity index (χ3v) is 2.43. The molecule has 0 aliphatic carbocycles. The van der Waals surface area contributed by atoms with Crippen LogP contribution in [-0.2, 0) is 6.42 Å². The van der Waals surface area contributed by atoms with Crippen LogP contribution in [0.25, 0.3) is 10.9 Å². The molecule has 0 aliphatic rings. The highest BCUT2D eigenvalue weighted by molar-refractivity contribution is 5.84. The maximum Gasteiger partial charge on any atom is 0.224 e. The van der Waals surface area contributed by atoms with Crippen molar-refractivity contribution in [3.05, 3.63) is 29.6 Å². The van der Waals surface area contributed by atoms with E-state index in [-0.39, 0.29) is 0 Å². The highest BCUT2D eigenvalue weighted by Gasteiger charge is 2.07. The zero-order chi connectivity index (χ0) is 11.5. The van der Waals surface area contributed by atoms with E-state index in [1.807, 2.05) is 25.1 Å². The lowest BCUT2D eigenvalue weighted by Crippen LogP contribution is -2.07. The van der Waals surface area contributed by atoms with E-state index in [9.17, 15) is 0 Å². The third-order valence-electron chi connectivity index (χ3n) is 2.43. The quantitative estimate of drug-likeness (QED) is 0.845. The number of benzene rings is 1. The summed E-state index contributed by atoms with van der Waals surface area (Å²) >= 11 is 0. The van der Waals surface area contributed by atoms with E-state index in [0.29, 0.717) is 18.8 Å². The first-order valence-corrected chi connectivity index (χ1v) is 5.26. The lowest BCUT2D eigenvalue weighted by Gasteiger charge is -2.07. The smallest absolute Gasteiger partial charge is 0.224 e. The molecule has 1 aromatic carbocycles. The summed E-state index contributed by atoms with van der Waals surface area (Å²) in [7, 11) is 1.62. The molecule has 2 aromatic rings. The fourth-order valence-corrected chi connectivity index (χ4v) is 1.65. The molecule has 0 radical (unpaired) electrons. The molecule has 0 bridgehead atoms. The second-order valence-corrected chi connectivity index (χ2v) is 3.71. The number of methoxy groups -OCH3 is 1. The molecule has 1 heterocycles. The number of rotatable bonds is 3. The monoisotopic (exact) mass is 217 g/mol. The van der Waals surface area contributed by atoms with Crippen LogP contribution in [-0.4, -0.2) is 23.6 Å². The van der Waals surface area contributed by atoms with Crippen molar-refractivity contribution in [3.8, 4) is 5.88 Å². The first-order chi connectivity index (χ1) is 7.74. The number of aromatic nitrogens is 2. The largest absolute Gasteiger partial charge is 0.480 e. The zero-order valence-electron chi connectivity index (χ0n) is 9.53. The molecule has 16 heavy (non-hydrogen) atoms. The summed E-state index contributed by atoms with van der Waals surface area (Å²) in [4.78, 5) is 8.79. The summed E-state index contributed by atoms with van der Waals surface area (Å²) in [5.41, 5.74) is 7.59. The molecule has 0 spiro atoms. The molecule has 2 N–H and O–H groups in total. The number of aryl methyl sites for hydroxylation is 1. The Labute approximate surface area is 94.5 Å². The lowest BCUT2D eigenvalue weighted by atomic mass is 10.1. The van der Waals surface area contributed by atoms with E-state index in [4.69, 9.17) is 10.5 Å². The van der Waals surface area contributed by atoms with Crippen LogP contribution in [0.4, 0.5) is 0 Å². The molecule has 0 fully saturated rings. The van der Waals surface area contributed by atoms with Crippen LogP contribution in [0.2, 0.25) is 0 Å². The standard InChI is InChI=1S/C12H15N3O/c1-8-3-4-9-10(7-8)14-11(5-6-13)15-12(9)16-2/h3-4,7H,5-6,13H2,1-2H3. The normalized spacial score (nSPS) is 10.7. The molecule has 4 heteroatoms. The van der Waals surface area contributed by atoms with Crippen LogP contribution in [0.3, 0.4) is 0 Å². The van der Waals surface area contributed by atoms with Crippen molar-refractivity contribution < 1.29 is 4.74 Å². The lowest BCUT2D eigenvalue weighted by molar-refractivity contribution is 0.400. The Morgan fingerprint density at radius 2 is 2.12 bits per heavy atom. The van der Waals surface area contributed by atoms with Crippen LogP contribution in [0.1, 0.15) is 11.4 Å². The summed E-state index contributed by atoms with van der Waals surface area (Å²) in [6, 6.07) is 6.03. The first-order valence-electron chi connectivity index (χ1n) is 5.26. The summed E-state index contributed by atoms with van der Waals surface area (Å²) in [6.07, 6.45) is 0.667. The Kier molecular flexibility index (Phi) is 3.01. The SMILES string of the molecule is COc1nc(CCN)nc2cc(C)ccc12. The molecule has 0 aliphatic heterocycles. The van der Waals surface area contributed by atoms with Gasteiger partial charge in [0, 0.05) is 6.42 Å². The minimum absolute atomic E-state index is 0.542. The molecule has 1 aromatic heterocycles. The predicted octanol–water partition coefficient (Wildman–Crippen LogP) is 1.45. The van der Waals surface area contributed by atoms with Crippen LogP contribution < -0.4 is 10.5 Å². The molecule has 84 valence electrons. The van der Waals surface area contributed by atoms with Gasteiger partial charge in [0.15, 0.2) is 0 Å². The van der Waals surface area contributed by atoms with Crippen LogP contribution in [0.5, 0.6) is 5.88 Å². The number of hydrogen-bond donors (Lipinski definition) is 1. The Bertz CT molecular complexity index is 511. The predicted molar refractivity (Wildman–Crippen MR) is 63.6 cm³/mol. The van der Waals surface area contributed by atoms with Crippen LogP contribution in [0, 0.1) is 6.92 Å². The maximum absolute atomic E-state index is 5.51. The number of nitrogens with two attached hydrogens (primary N) is 1. The minimum atomic E-state index is 0.542. The van der Waals surface area contributed by atoms with Crippen molar-refractivity contribution in [1.29, 1.82) is 0 Å². The molecule has 4 nitrogen and oxygen atoms in total. The molecular weight excluding hydrogens is 202 g/mol. The van der Waals surface area contributed by atoms with Gasteiger partial charge in [0.25, 0.3) is 0 Å².